The first-order valence-corrected chi connectivity index (χ1v) is 6.10. The Morgan fingerprint density at radius 3 is 3.00 bits per heavy atom. The molecule has 2 atom stereocenters. The fourth-order valence-electron chi connectivity index (χ4n) is 2.76. The largest absolute Gasteiger partial charge is 0.481 e. The Hall–Kier alpha value is -1.07. The molecule has 18 heavy (non-hydrogen) atoms. The Kier molecular flexibility index (Phi) is 3.92. The lowest BCUT2D eigenvalue weighted by atomic mass is 9.96. The van der Waals surface area contributed by atoms with Crippen molar-refractivity contribution in [2.24, 2.45) is 5.92 Å². The van der Waals surface area contributed by atoms with Crippen LogP contribution in [0, 0.1) is 5.92 Å². The Balaban J connectivity index is 0.00000120. The average Bonchev–Trinajstić information content (AvgIpc) is 2.96. The summed E-state index contributed by atoms with van der Waals surface area (Å²) >= 11 is 0. The fraction of sp³-hybridized carbons (Fsp3) is 0.667. The van der Waals surface area contributed by atoms with Crippen LogP contribution in [0.3, 0.4) is 0 Å². The average molecular weight is 273 g/mol. The normalized spacial score (nSPS) is 26.4. The molecule has 0 saturated carbocycles. The quantitative estimate of drug-likeness (QED) is 0.885. The molecule has 3 rings (SSSR count). The van der Waals surface area contributed by atoms with Gasteiger partial charge in [0.2, 0.25) is 0 Å². The van der Waals surface area contributed by atoms with Gasteiger partial charge in [-0.2, -0.15) is 0 Å². The van der Waals surface area contributed by atoms with Crippen LogP contribution in [-0.4, -0.2) is 33.8 Å². The van der Waals surface area contributed by atoms with Crippen molar-refractivity contribution in [1.82, 2.24) is 9.55 Å². The van der Waals surface area contributed by atoms with Gasteiger partial charge in [-0.05, 0) is 12.8 Å². The molecule has 1 fully saturated rings. The number of halogens is 1. The zero-order chi connectivity index (χ0) is 11.8. The van der Waals surface area contributed by atoms with Gasteiger partial charge < -0.3 is 14.4 Å². The van der Waals surface area contributed by atoms with Crippen molar-refractivity contribution >= 4 is 18.4 Å². The number of carbonyl (C=O) groups is 1. The molecular formula is C12H17ClN2O3. The molecule has 2 aliphatic heterocycles. The molecule has 6 heteroatoms. The van der Waals surface area contributed by atoms with Gasteiger partial charge in [-0.15, -0.1) is 12.4 Å². The van der Waals surface area contributed by atoms with Crippen LogP contribution in [0.4, 0.5) is 0 Å². The van der Waals surface area contributed by atoms with Crippen LogP contribution in [0.5, 0.6) is 0 Å². The number of fused-ring (bicyclic) bond motifs is 1. The molecule has 1 aromatic rings. The third-order valence-electron chi connectivity index (χ3n) is 3.77. The smallest absolute Gasteiger partial charge is 0.306 e. The minimum absolute atomic E-state index is 0. The summed E-state index contributed by atoms with van der Waals surface area (Å²) in [5.41, 5.74) is 1.06. The van der Waals surface area contributed by atoms with Gasteiger partial charge >= 0.3 is 5.97 Å². The lowest BCUT2D eigenvalue weighted by molar-refractivity contribution is -0.142. The summed E-state index contributed by atoms with van der Waals surface area (Å²) in [7, 11) is 0. The molecule has 100 valence electrons. The number of carboxylic acids is 1. The van der Waals surface area contributed by atoms with Crippen molar-refractivity contribution in [1.29, 1.82) is 0 Å². The van der Waals surface area contributed by atoms with Crippen LogP contribution in [0.15, 0.2) is 6.20 Å². The predicted octanol–water partition coefficient (Wildman–Crippen LogP) is 1.46. The second kappa shape index (κ2) is 5.28. The molecule has 1 aromatic heterocycles. The SMILES string of the molecule is Cl.O=C(O)C1CCn2c(cnc2C2CCOC2)C1. The van der Waals surface area contributed by atoms with Gasteiger partial charge in [-0.1, -0.05) is 0 Å². The highest BCUT2D eigenvalue weighted by Crippen LogP contribution is 2.29. The number of nitrogens with zero attached hydrogens (tertiary/aromatic N) is 2. The van der Waals surface area contributed by atoms with E-state index in [0.29, 0.717) is 18.8 Å². The van der Waals surface area contributed by atoms with Crippen LogP contribution in [-0.2, 0) is 22.5 Å². The van der Waals surface area contributed by atoms with Gasteiger partial charge in [0.15, 0.2) is 0 Å². The Morgan fingerprint density at radius 2 is 2.33 bits per heavy atom. The van der Waals surface area contributed by atoms with Gasteiger partial charge in [0.1, 0.15) is 5.82 Å². The number of hydrogen-bond donors (Lipinski definition) is 1. The Bertz CT molecular complexity index is 441. The Morgan fingerprint density at radius 1 is 1.50 bits per heavy atom. The van der Waals surface area contributed by atoms with E-state index in [9.17, 15) is 4.79 Å². The maximum absolute atomic E-state index is 11.0. The third kappa shape index (κ3) is 2.24. The van der Waals surface area contributed by atoms with Crippen molar-refractivity contribution in [3.63, 3.8) is 0 Å². The van der Waals surface area contributed by atoms with Gasteiger partial charge in [-0.3, -0.25) is 4.79 Å². The fourth-order valence-corrected chi connectivity index (χ4v) is 2.76. The van der Waals surface area contributed by atoms with Gasteiger partial charge in [0, 0.05) is 37.4 Å². The van der Waals surface area contributed by atoms with Crippen LogP contribution in [0.2, 0.25) is 0 Å². The summed E-state index contributed by atoms with van der Waals surface area (Å²) in [4.78, 5) is 15.4. The van der Waals surface area contributed by atoms with E-state index in [1.165, 1.54) is 0 Å². The minimum atomic E-state index is -0.691. The van der Waals surface area contributed by atoms with E-state index in [2.05, 4.69) is 9.55 Å². The van der Waals surface area contributed by atoms with E-state index < -0.39 is 5.97 Å². The van der Waals surface area contributed by atoms with Gasteiger partial charge in [-0.25, -0.2) is 4.98 Å². The maximum atomic E-state index is 11.0. The molecular weight excluding hydrogens is 256 g/mol. The number of rotatable bonds is 2. The van der Waals surface area contributed by atoms with Gasteiger partial charge in [0.25, 0.3) is 0 Å². The zero-order valence-corrected chi connectivity index (χ0v) is 10.9. The van der Waals surface area contributed by atoms with E-state index in [1.54, 1.807) is 0 Å². The molecule has 1 N–H and O–H groups in total. The van der Waals surface area contributed by atoms with E-state index in [0.717, 1.165) is 37.7 Å². The molecule has 0 aliphatic carbocycles. The first-order chi connectivity index (χ1) is 8.25. The van der Waals surface area contributed by atoms with Crippen molar-refractivity contribution < 1.29 is 14.6 Å². The molecule has 3 heterocycles. The van der Waals surface area contributed by atoms with Crippen LogP contribution in [0.1, 0.15) is 30.3 Å². The molecule has 5 nitrogen and oxygen atoms in total. The van der Waals surface area contributed by atoms with Crippen molar-refractivity contribution in [3.05, 3.63) is 17.7 Å². The number of aromatic nitrogens is 2. The number of ether oxygens (including phenoxy) is 1. The number of hydrogen-bond acceptors (Lipinski definition) is 3. The first-order valence-electron chi connectivity index (χ1n) is 6.10. The minimum Gasteiger partial charge on any atom is -0.481 e. The lowest BCUT2D eigenvalue weighted by Gasteiger charge is -2.23. The molecule has 0 spiro atoms. The second-order valence-corrected chi connectivity index (χ2v) is 4.85. The van der Waals surface area contributed by atoms with Crippen molar-refractivity contribution in [2.45, 2.75) is 31.7 Å². The van der Waals surface area contributed by atoms with Crippen LogP contribution >= 0.6 is 12.4 Å². The molecule has 0 radical (unpaired) electrons. The maximum Gasteiger partial charge on any atom is 0.306 e. The highest BCUT2D eigenvalue weighted by atomic mass is 35.5. The number of carboxylic acid groups (broad SMARTS) is 1. The summed E-state index contributed by atoms with van der Waals surface area (Å²) in [5.74, 6) is 0.543. The highest BCUT2D eigenvalue weighted by Gasteiger charge is 2.29. The summed E-state index contributed by atoms with van der Waals surface area (Å²) in [5, 5.41) is 9.03. The third-order valence-corrected chi connectivity index (χ3v) is 3.77. The monoisotopic (exact) mass is 272 g/mol. The van der Waals surface area contributed by atoms with E-state index >= 15 is 0 Å². The molecule has 2 unspecified atom stereocenters. The number of imidazole rings is 1. The standard InChI is InChI=1S/C12H16N2O3.ClH/c15-12(16)8-1-3-14-10(5-8)6-13-11(14)9-2-4-17-7-9;/h6,8-9H,1-5,7H2,(H,15,16);1H. The molecule has 1 saturated heterocycles. The predicted molar refractivity (Wildman–Crippen MR) is 67.1 cm³/mol. The van der Waals surface area contributed by atoms with Crippen LogP contribution < -0.4 is 0 Å². The van der Waals surface area contributed by atoms with E-state index in [4.69, 9.17) is 9.84 Å². The molecule has 0 bridgehead atoms. The first kappa shape index (κ1) is 13.4. The zero-order valence-electron chi connectivity index (χ0n) is 10.0. The summed E-state index contributed by atoms with van der Waals surface area (Å²) in [6, 6.07) is 0. The Labute approximate surface area is 112 Å². The summed E-state index contributed by atoms with van der Waals surface area (Å²) in [6.45, 7) is 2.33. The van der Waals surface area contributed by atoms with E-state index in [-0.39, 0.29) is 18.3 Å². The lowest BCUT2D eigenvalue weighted by Crippen LogP contribution is -2.26. The van der Waals surface area contributed by atoms with Crippen LogP contribution in [0.25, 0.3) is 0 Å². The second-order valence-electron chi connectivity index (χ2n) is 4.85. The van der Waals surface area contributed by atoms with Crippen molar-refractivity contribution in [2.75, 3.05) is 13.2 Å². The highest BCUT2D eigenvalue weighted by molar-refractivity contribution is 5.85. The molecule has 2 aliphatic rings. The van der Waals surface area contributed by atoms with Crippen molar-refractivity contribution in [3.8, 4) is 0 Å². The summed E-state index contributed by atoms with van der Waals surface area (Å²) in [6.07, 6.45) is 4.18. The summed E-state index contributed by atoms with van der Waals surface area (Å²) < 4.78 is 7.58. The number of aliphatic carboxylic acids is 1. The molecule has 0 aromatic carbocycles. The van der Waals surface area contributed by atoms with Gasteiger partial charge in [0.05, 0.1) is 12.5 Å². The van der Waals surface area contributed by atoms with E-state index in [1.807, 2.05) is 6.20 Å². The topological polar surface area (TPSA) is 64.3 Å². The molecule has 0 amide bonds.